The predicted octanol–water partition coefficient (Wildman–Crippen LogP) is 2.31. The normalized spacial score (nSPS) is 11.3. The number of rotatable bonds is 5. The van der Waals surface area contributed by atoms with Gasteiger partial charge in [0.15, 0.2) is 0 Å². The van der Waals surface area contributed by atoms with Crippen molar-refractivity contribution in [1.29, 1.82) is 0 Å². The van der Waals surface area contributed by atoms with Gasteiger partial charge in [-0.2, -0.15) is 0 Å². The van der Waals surface area contributed by atoms with E-state index in [0.29, 0.717) is 11.3 Å². The molecule has 6 heteroatoms. The molecule has 0 saturated carbocycles. The largest absolute Gasteiger partial charge is 0.496 e. The fraction of sp³-hybridized carbons (Fsp3) is 0.143. The van der Waals surface area contributed by atoms with Crippen LogP contribution in [0.1, 0.15) is 5.56 Å². The summed E-state index contributed by atoms with van der Waals surface area (Å²) in [6.07, 6.45) is 0. The third-order valence-electron chi connectivity index (χ3n) is 2.75. The van der Waals surface area contributed by atoms with Crippen molar-refractivity contribution >= 4 is 10.0 Å². The molecule has 0 aromatic heterocycles. The van der Waals surface area contributed by atoms with Crippen LogP contribution in [0.4, 0.5) is 4.39 Å². The number of methoxy groups -OCH3 is 1. The number of nitrogens with one attached hydrogen (secondary N) is 1. The van der Waals surface area contributed by atoms with E-state index in [-0.39, 0.29) is 11.4 Å². The van der Waals surface area contributed by atoms with Crippen LogP contribution in [0.25, 0.3) is 0 Å². The van der Waals surface area contributed by atoms with Gasteiger partial charge >= 0.3 is 0 Å². The minimum Gasteiger partial charge on any atom is -0.496 e. The Kier molecular flexibility index (Phi) is 4.36. The lowest BCUT2D eigenvalue weighted by Crippen LogP contribution is -2.23. The van der Waals surface area contributed by atoms with E-state index in [4.69, 9.17) is 4.74 Å². The Morgan fingerprint density at radius 2 is 1.85 bits per heavy atom. The number of sulfonamides is 1. The van der Waals surface area contributed by atoms with Crippen LogP contribution in [0.2, 0.25) is 0 Å². The summed E-state index contributed by atoms with van der Waals surface area (Å²) < 4.78 is 44.8. The van der Waals surface area contributed by atoms with Crippen molar-refractivity contribution < 1.29 is 17.5 Å². The van der Waals surface area contributed by atoms with Crippen molar-refractivity contribution in [2.75, 3.05) is 7.11 Å². The molecule has 0 amide bonds. The monoisotopic (exact) mass is 295 g/mol. The second kappa shape index (κ2) is 6.02. The molecule has 2 aromatic carbocycles. The van der Waals surface area contributed by atoms with Gasteiger partial charge in [0.1, 0.15) is 11.6 Å². The molecule has 0 aliphatic rings. The van der Waals surface area contributed by atoms with Crippen molar-refractivity contribution in [2.45, 2.75) is 11.4 Å². The van der Waals surface area contributed by atoms with Crippen LogP contribution in [0.5, 0.6) is 5.75 Å². The molecule has 0 aliphatic heterocycles. The number of halogens is 1. The molecule has 1 N–H and O–H groups in total. The van der Waals surface area contributed by atoms with Crippen LogP contribution < -0.4 is 9.46 Å². The van der Waals surface area contributed by atoms with Gasteiger partial charge in [-0.15, -0.1) is 0 Å². The Morgan fingerprint density at radius 3 is 2.50 bits per heavy atom. The molecule has 2 aromatic rings. The molecule has 0 heterocycles. The third kappa shape index (κ3) is 3.34. The fourth-order valence-corrected chi connectivity index (χ4v) is 2.77. The number of hydrogen-bond acceptors (Lipinski definition) is 3. The summed E-state index contributed by atoms with van der Waals surface area (Å²) in [5, 5.41) is 0. The molecule has 0 radical (unpaired) electrons. The molecule has 2 rings (SSSR count). The SMILES string of the molecule is COc1ccc(F)cc1CNS(=O)(=O)c1ccccc1. The average Bonchev–Trinajstić information content (AvgIpc) is 2.46. The summed E-state index contributed by atoms with van der Waals surface area (Å²) >= 11 is 0. The molecule has 0 atom stereocenters. The highest BCUT2D eigenvalue weighted by molar-refractivity contribution is 7.89. The molecular formula is C14H14FNO3S. The van der Waals surface area contributed by atoms with E-state index in [1.807, 2.05) is 0 Å². The zero-order valence-electron chi connectivity index (χ0n) is 10.8. The average molecular weight is 295 g/mol. The van der Waals surface area contributed by atoms with Gasteiger partial charge in [0, 0.05) is 12.1 Å². The lowest BCUT2D eigenvalue weighted by Gasteiger charge is -2.10. The van der Waals surface area contributed by atoms with Crippen molar-refractivity contribution in [1.82, 2.24) is 4.72 Å². The molecule has 4 nitrogen and oxygen atoms in total. The fourth-order valence-electron chi connectivity index (χ4n) is 1.74. The first kappa shape index (κ1) is 14.5. The second-order valence-electron chi connectivity index (χ2n) is 4.09. The van der Waals surface area contributed by atoms with Crippen LogP contribution in [-0.4, -0.2) is 15.5 Å². The standard InChI is InChI=1S/C14H14FNO3S/c1-19-14-8-7-12(15)9-11(14)10-16-20(17,18)13-5-3-2-4-6-13/h2-9,16H,10H2,1H3. The van der Waals surface area contributed by atoms with E-state index in [0.717, 1.165) is 0 Å². The minimum atomic E-state index is -3.62. The van der Waals surface area contributed by atoms with Crippen LogP contribution in [0, 0.1) is 5.82 Å². The maximum absolute atomic E-state index is 13.2. The van der Waals surface area contributed by atoms with Crippen LogP contribution >= 0.6 is 0 Å². The van der Waals surface area contributed by atoms with Crippen LogP contribution in [0.15, 0.2) is 53.4 Å². The van der Waals surface area contributed by atoms with E-state index < -0.39 is 15.8 Å². The number of benzene rings is 2. The quantitative estimate of drug-likeness (QED) is 0.921. The first-order valence-electron chi connectivity index (χ1n) is 5.90. The lowest BCUT2D eigenvalue weighted by molar-refractivity contribution is 0.407. The van der Waals surface area contributed by atoms with Gasteiger partial charge in [0.25, 0.3) is 0 Å². The van der Waals surface area contributed by atoms with Crippen LogP contribution in [-0.2, 0) is 16.6 Å². The molecule has 0 spiro atoms. The smallest absolute Gasteiger partial charge is 0.240 e. The van der Waals surface area contributed by atoms with Crippen molar-refractivity contribution in [3.63, 3.8) is 0 Å². The highest BCUT2D eigenvalue weighted by Gasteiger charge is 2.14. The topological polar surface area (TPSA) is 55.4 Å². The highest BCUT2D eigenvalue weighted by atomic mass is 32.2. The Labute approximate surface area is 117 Å². The van der Waals surface area contributed by atoms with Gasteiger partial charge in [0.2, 0.25) is 10.0 Å². The summed E-state index contributed by atoms with van der Waals surface area (Å²) in [7, 11) is -2.18. The third-order valence-corrected chi connectivity index (χ3v) is 4.17. The van der Waals surface area contributed by atoms with Gasteiger partial charge in [-0.25, -0.2) is 17.5 Å². The predicted molar refractivity (Wildman–Crippen MR) is 73.4 cm³/mol. The summed E-state index contributed by atoms with van der Waals surface area (Å²) in [4.78, 5) is 0.162. The van der Waals surface area contributed by atoms with Gasteiger partial charge in [-0.3, -0.25) is 0 Å². The summed E-state index contributed by atoms with van der Waals surface area (Å²) in [5.41, 5.74) is 0.437. The lowest BCUT2D eigenvalue weighted by atomic mass is 10.2. The van der Waals surface area contributed by atoms with Gasteiger partial charge in [-0.05, 0) is 30.3 Å². The number of hydrogen-bond donors (Lipinski definition) is 1. The molecule has 0 bridgehead atoms. The molecule has 0 fully saturated rings. The minimum absolute atomic E-state index is 0.0435. The van der Waals surface area contributed by atoms with Crippen molar-refractivity contribution in [3.05, 3.63) is 59.9 Å². The summed E-state index contributed by atoms with van der Waals surface area (Å²) in [6.45, 7) is -0.0435. The Hall–Kier alpha value is -1.92. The zero-order valence-corrected chi connectivity index (χ0v) is 11.7. The summed E-state index contributed by atoms with van der Waals surface area (Å²) in [5.74, 6) is -0.0122. The van der Waals surface area contributed by atoms with Crippen molar-refractivity contribution in [3.8, 4) is 5.75 Å². The molecule has 0 saturated heterocycles. The molecule has 106 valence electrons. The van der Waals surface area contributed by atoms with Crippen LogP contribution in [0.3, 0.4) is 0 Å². The Bertz CT molecular complexity index is 687. The maximum Gasteiger partial charge on any atom is 0.240 e. The van der Waals surface area contributed by atoms with E-state index >= 15 is 0 Å². The van der Waals surface area contributed by atoms with Gasteiger partial charge in [0.05, 0.1) is 12.0 Å². The molecule has 0 aliphatic carbocycles. The Balaban J connectivity index is 2.19. The maximum atomic E-state index is 13.2. The summed E-state index contributed by atoms with van der Waals surface area (Å²) in [6, 6.07) is 11.9. The number of ether oxygens (including phenoxy) is 1. The van der Waals surface area contributed by atoms with E-state index in [1.54, 1.807) is 18.2 Å². The van der Waals surface area contributed by atoms with E-state index in [1.165, 1.54) is 37.4 Å². The van der Waals surface area contributed by atoms with Crippen molar-refractivity contribution in [2.24, 2.45) is 0 Å². The molecule has 20 heavy (non-hydrogen) atoms. The second-order valence-corrected chi connectivity index (χ2v) is 5.86. The Morgan fingerprint density at radius 1 is 1.15 bits per heavy atom. The first-order valence-corrected chi connectivity index (χ1v) is 7.38. The zero-order chi connectivity index (χ0) is 14.6. The molecular weight excluding hydrogens is 281 g/mol. The molecule has 0 unspecified atom stereocenters. The van der Waals surface area contributed by atoms with Gasteiger partial charge < -0.3 is 4.74 Å². The van der Waals surface area contributed by atoms with Gasteiger partial charge in [-0.1, -0.05) is 18.2 Å². The van der Waals surface area contributed by atoms with E-state index in [9.17, 15) is 12.8 Å². The first-order chi connectivity index (χ1) is 9.53. The highest BCUT2D eigenvalue weighted by Crippen LogP contribution is 2.19. The van der Waals surface area contributed by atoms with E-state index in [2.05, 4.69) is 4.72 Å².